The summed E-state index contributed by atoms with van der Waals surface area (Å²) < 4.78 is 84.5. The highest BCUT2D eigenvalue weighted by molar-refractivity contribution is 7.92. The molecule has 238 valence electrons. The number of nitrogens with zero attached hydrogens (tertiary/aromatic N) is 6. The van der Waals surface area contributed by atoms with Crippen LogP contribution in [-0.4, -0.2) is 72.1 Å². The van der Waals surface area contributed by atoms with E-state index in [1.54, 1.807) is 20.0 Å². The van der Waals surface area contributed by atoms with Crippen LogP contribution in [0.3, 0.4) is 0 Å². The maximum atomic E-state index is 16.5. The molecule has 0 unspecified atom stereocenters. The predicted molar refractivity (Wildman–Crippen MR) is 155 cm³/mol. The van der Waals surface area contributed by atoms with Crippen LogP contribution in [0.25, 0.3) is 22.5 Å². The van der Waals surface area contributed by atoms with Crippen LogP contribution in [0, 0.1) is 17.5 Å². The lowest BCUT2D eigenvalue weighted by Crippen LogP contribution is -2.39. The summed E-state index contributed by atoms with van der Waals surface area (Å²) in [5, 5.41) is 4.41. The predicted octanol–water partition coefficient (Wildman–Crippen LogP) is 3.81. The van der Waals surface area contributed by atoms with Crippen molar-refractivity contribution in [2.24, 2.45) is 0 Å². The first-order chi connectivity index (χ1) is 21.4. The van der Waals surface area contributed by atoms with Crippen molar-refractivity contribution in [1.29, 1.82) is 0 Å². The first kappa shape index (κ1) is 32.7. The van der Waals surface area contributed by atoms with Crippen LogP contribution in [0.4, 0.5) is 29.6 Å². The molecule has 2 N–H and O–H groups in total. The molecule has 0 saturated heterocycles. The van der Waals surface area contributed by atoms with E-state index < -0.39 is 63.4 Å². The Bertz CT molecular complexity index is 1840. The molecular weight excluding hydrogens is 619 g/mol. The number of nitrogens with two attached hydrogens (primary N) is 1. The Morgan fingerprint density at radius 1 is 1.04 bits per heavy atom. The van der Waals surface area contributed by atoms with Gasteiger partial charge in [-0.1, -0.05) is 6.07 Å². The molecular formula is C28H28F3N7O6S. The average molecular weight is 648 g/mol. The topological polar surface area (TPSA) is 163 Å². The Morgan fingerprint density at radius 3 is 2.49 bits per heavy atom. The Morgan fingerprint density at radius 2 is 1.80 bits per heavy atom. The zero-order valence-electron chi connectivity index (χ0n) is 24.3. The molecule has 2 aromatic carbocycles. The second-order valence-corrected chi connectivity index (χ2v) is 11.1. The van der Waals surface area contributed by atoms with Crippen LogP contribution in [0.5, 0.6) is 0 Å². The van der Waals surface area contributed by atoms with Crippen molar-refractivity contribution in [3.05, 3.63) is 72.3 Å². The molecule has 0 radical (unpaired) electrons. The van der Waals surface area contributed by atoms with Gasteiger partial charge in [-0.05, 0) is 50.2 Å². The Labute approximate surface area is 256 Å². The smallest absolute Gasteiger partial charge is 0.411 e. The number of aryl methyl sites for hydroxylation is 1. The summed E-state index contributed by atoms with van der Waals surface area (Å²) in [6.07, 6.45) is 1.79. The first-order valence-electron chi connectivity index (χ1n) is 13.3. The van der Waals surface area contributed by atoms with Gasteiger partial charge in [-0.15, -0.1) is 0 Å². The molecule has 4 rings (SSSR count). The number of hydrogen-bond acceptors (Lipinski definition) is 10. The molecule has 17 heteroatoms. The van der Waals surface area contributed by atoms with Gasteiger partial charge in [0.1, 0.15) is 28.8 Å². The van der Waals surface area contributed by atoms with Crippen LogP contribution in [0.2, 0.25) is 0 Å². The van der Waals surface area contributed by atoms with E-state index in [0.717, 1.165) is 11.0 Å². The van der Waals surface area contributed by atoms with Crippen molar-refractivity contribution < 1.29 is 40.7 Å². The van der Waals surface area contributed by atoms with Gasteiger partial charge in [-0.3, -0.25) is 9.48 Å². The van der Waals surface area contributed by atoms with E-state index in [1.165, 1.54) is 36.1 Å². The molecule has 0 aliphatic rings. The SMILES string of the molecule is CCOC(=O)CN(C)C(=O)OCN(c1cccc(-c2nn(CC)cc2-c2ccnc(N)n2)c1F)S(=O)(=O)c1cc(F)ccc1F. The number of rotatable bonds is 11. The van der Waals surface area contributed by atoms with E-state index in [0.29, 0.717) is 36.0 Å². The lowest BCUT2D eigenvalue weighted by molar-refractivity contribution is -0.143. The average Bonchev–Trinajstić information content (AvgIpc) is 3.43. The number of anilines is 2. The minimum atomic E-state index is -5.12. The summed E-state index contributed by atoms with van der Waals surface area (Å²) in [5.41, 5.74) is 5.54. The number of hydrogen-bond donors (Lipinski definition) is 1. The van der Waals surface area contributed by atoms with Gasteiger partial charge in [-0.25, -0.2) is 40.7 Å². The number of nitrogen functional groups attached to an aromatic ring is 1. The number of carbonyl (C=O) groups excluding carboxylic acids is 2. The number of benzene rings is 2. The van der Waals surface area contributed by atoms with Gasteiger partial charge in [0, 0.05) is 37.1 Å². The summed E-state index contributed by atoms with van der Waals surface area (Å²) in [6.45, 7) is 2.04. The minimum Gasteiger partial charge on any atom is -0.465 e. The maximum absolute atomic E-state index is 16.5. The summed E-state index contributed by atoms with van der Waals surface area (Å²) in [5.74, 6) is -4.41. The first-order valence-corrected chi connectivity index (χ1v) is 14.8. The number of sulfonamides is 1. The van der Waals surface area contributed by atoms with E-state index in [2.05, 4.69) is 15.1 Å². The van der Waals surface area contributed by atoms with Crippen LogP contribution in [-0.2, 0) is 30.8 Å². The van der Waals surface area contributed by atoms with Crippen molar-refractivity contribution in [2.45, 2.75) is 25.3 Å². The van der Waals surface area contributed by atoms with Gasteiger partial charge >= 0.3 is 12.1 Å². The van der Waals surface area contributed by atoms with Gasteiger partial charge in [0.2, 0.25) is 5.95 Å². The van der Waals surface area contributed by atoms with Crippen molar-refractivity contribution in [1.82, 2.24) is 24.6 Å². The number of likely N-dealkylation sites (N-methyl/N-ethyl adjacent to an activating group) is 1. The van der Waals surface area contributed by atoms with Crippen LogP contribution < -0.4 is 10.0 Å². The number of carbonyl (C=O) groups is 2. The van der Waals surface area contributed by atoms with E-state index in [4.69, 9.17) is 15.2 Å². The van der Waals surface area contributed by atoms with Crippen LogP contribution in [0.1, 0.15) is 13.8 Å². The highest BCUT2D eigenvalue weighted by Gasteiger charge is 2.33. The summed E-state index contributed by atoms with van der Waals surface area (Å²) in [4.78, 5) is 32.1. The van der Waals surface area contributed by atoms with Gasteiger partial charge in [0.05, 0.1) is 18.0 Å². The fourth-order valence-electron chi connectivity index (χ4n) is 4.14. The standard InChI is InChI=1S/C28H28F3N7O6S/c1-4-37-14-19(21-11-12-33-27(32)34-21)26(35-37)18-7-6-8-22(25(18)31)38(16-44-28(40)36(3)15-24(39)43-5-2)45(41,42)23-13-17(29)9-10-20(23)30/h6-14H,4-5,15-16H2,1-3H3,(H2,32,33,34). The number of aromatic nitrogens is 4. The lowest BCUT2D eigenvalue weighted by Gasteiger charge is -2.26. The number of esters is 1. The number of ether oxygens (including phenoxy) is 2. The Balaban J connectivity index is 1.82. The van der Waals surface area contributed by atoms with Crippen molar-refractivity contribution in [2.75, 3.05) is 37.0 Å². The molecule has 0 spiro atoms. The van der Waals surface area contributed by atoms with Crippen molar-refractivity contribution >= 4 is 33.7 Å². The molecule has 0 saturated carbocycles. The third kappa shape index (κ3) is 7.14. The monoisotopic (exact) mass is 647 g/mol. The van der Waals surface area contributed by atoms with Crippen LogP contribution in [0.15, 0.2) is 59.8 Å². The Kier molecular flexibility index (Phi) is 9.91. The van der Waals surface area contributed by atoms with E-state index in [1.807, 2.05) is 0 Å². The second kappa shape index (κ2) is 13.6. The molecule has 4 aromatic rings. The van der Waals surface area contributed by atoms with E-state index in [9.17, 15) is 26.8 Å². The van der Waals surface area contributed by atoms with E-state index in [-0.39, 0.29) is 28.1 Å². The normalized spacial score (nSPS) is 11.2. The minimum absolute atomic E-state index is 0.0470. The molecule has 0 fully saturated rings. The van der Waals surface area contributed by atoms with E-state index >= 15 is 4.39 Å². The fraction of sp³-hybridized carbons (Fsp3) is 0.250. The molecule has 1 amide bonds. The third-order valence-electron chi connectivity index (χ3n) is 6.29. The molecule has 0 atom stereocenters. The number of halogens is 3. The lowest BCUT2D eigenvalue weighted by atomic mass is 10.0. The molecule has 0 bridgehead atoms. The zero-order valence-corrected chi connectivity index (χ0v) is 25.1. The van der Waals surface area contributed by atoms with Crippen LogP contribution >= 0.6 is 0 Å². The van der Waals surface area contributed by atoms with Gasteiger partial charge in [0.25, 0.3) is 10.0 Å². The van der Waals surface area contributed by atoms with Crippen molar-refractivity contribution in [3.8, 4) is 22.5 Å². The Hall–Kier alpha value is -5.19. The summed E-state index contributed by atoms with van der Waals surface area (Å²) >= 11 is 0. The largest absolute Gasteiger partial charge is 0.465 e. The second-order valence-electron chi connectivity index (χ2n) is 9.31. The number of amides is 1. The van der Waals surface area contributed by atoms with Crippen molar-refractivity contribution in [3.63, 3.8) is 0 Å². The zero-order chi connectivity index (χ0) is 32.9. The molecule has 2 aromatic heterocycles. The molecule has 2 heterocycles. The highest BCUT2D eigenvalue weighted by Crippen LogP contribution is 2.37. The van der Waals surface area contributed by atoms with Gasteiger partial charge in [0.15, 0.2) is 12.5 Å². The molecule has 0 aliphatic heterocycles. The van der Waals surface area contributed by atoms with Gasteiger partial charge < -0.3 is 20.1 Å². The maximum Gasteiger partial charge on any atom is 0.411 e. The molecule has 45 heavy (non-hydrogen) atoms. The molecule has 0 aliphatic carbocycles. The quantitative estimate of drug-likeness (QED) is 0.187. The summed E-state index contributed by atoms with van der Waals surface area (Å²) in [7, 11) is -3.94. The summed E-state index contributed by atoms with van der Waals surface area (Å²) in [6, 6.07) is 6.89. The fourth-order valence-corrected chi connectivity index (χ4v) is 5.54. The third-order valence-corrected chi connectivity index (χ3v) is 8.04. The molecule has 13 nitrogen and oxygen atoms in total. The van der Waals surface area contributed by atoms with Gasteiger partial charge in [-0.2, -0.15) is 5.10 Å². The highest BCUT2D eigenvalue weighted by atomic mass is 32.2.